The van der Waals surface area contributed by atoms with Crippen molar-refractivity contribution in [2.45, 2.75) is 0 Å². The predicted molar refractivity (Wildman–Crippen MR) is 251 cm³/mol. The van der Waals surface area contributed by atoms with E-state index in [1.807, 2.05) is 0 Å². The molecule has 1 aromatic heterocycles. The van der Waals surface area contributed by atoms with E-state index in [1.54, 1.807) is 0 Å². The largest absolute Gasteiger partial charge is 0.456 e. The molecule has 2 heterocycles. The van der Waals surface area contributed by atoms with Gasteiger partial charge >= 0.3 is 0 Å². The molecule has 0 spiro atoms. The van der Waals surface area contributed by atoms with Gasteiger partial charge in [-0.1, -0.05) is 181 Å². The minimum Gasteiger partial charge on any atom is -0.456 e. The van der Waals surface area contributed by atoms with Gasteiger partial charge in [-0.05, 0) is 102 Å². The van der Waals surface area contributed by atoms with E-state index in [4.69, 9.17) is 4.42 Å². The quantitative estimate of drug-likeness (QED) is 0.124. The molecule has 0 amide bonds. The molecule has 1 aliphatic heterocycles. The highest BCUT2D eigenvalue weighted by Crippen LogP contribution is 2.45. The summed E-state index contributed by atoms with van der Waals surface area (Å²) in [5, 5.41) is 11.6. The van der Waals surface area contributed by atoms with Gasteiger partial charge in [-0.25, -0.2) is 0 Å². The van der Waals surface area contributed by atoms with Gasteiger partial charge in [0.25, 0.3) is 0 Å². The average molecular weight is 767 g/mol. The van der Waals surface area contributed by atoms with Crippen LogP contribution in [0, 0.1) is 0 Å². The maximum atomic E-state index is 6.69. The lowest BCUT2D eigenvalue weighted by molar-refractivity contribution is 0.669. The Morgan fingerprint density at radius 2 is 0.966 bits per heavy atom. The lowest BCUT2D eigenvalue weighted by Gasteiger charge is -2.28. The minimum absolute atomic E-state index is 0.913. The van der Waals surface area contributed by atoms with Crippen LogP contribution in [0.4, 0.5) is 17.1 Å². The van der Waals surface area contributed by atoms with Crippen molar-refractivity contribution in [1.29, 1.82) is 0 Å². The van der Waals surface area contributed by atoms with Crippen LogP contribution >= 0.6 is 0 Å². The van der Waals surface area contributed by atoms with Crippen molar-refractivity contribution < 1.29 is 4.42 Å². The summed E-state index contributed by atoms with van der Waals surface area (Å²) in [6.07, 6.45) is 0. The third-order valence-electron chi connectivity index (χ3n) is 12.1. The van der Waals surface area contributed by atoms with Crippen LogP contribution in [0.2, 0.25) is 0 Å². The van der Waals surface area contributed by atoms with Crippen LogP contribution in [0.3, 0.4) is 0 Å². The first-order chi connectivity index (χ1) is 29.3. The SMILES string of the molecule is c1ccc(-c2ccc(N(c3ccc(-c4cccc5oc6ccc7c(c6c45)-c4ccccc4[Si]7c4ccccc4)cc3)c3cc4ccccc4c4ccccc34)cc2)cc1. The van der Waals surface area contributed by atoms with Gasteiger partial charge in [-0.15, -0.1) is 0 Å². The molecule has 59 heavy (non-hydrogen) atoms. The molecule has 0 saturated carbocycles. The van der Waals surface area contributed by atoms with Crippen LogP contribution in [0.5, 0.6) is 0 Å². The van der Waals surface area contributed by atoms with E-state index in [1.165, 1.54) is 75.7 Å². The third kappa shape index (κ3) is 5.40. The fourth-order valence-corrected chi connectivity index (χ4v) is 12.4. The van der Waals surface area contributed by atoms with Crippen molar-refractivity contribution in [3.63, 3.8) is 0 Å². The van der Waals surface area contributed by atoms with E-state index >= 15 is 0 Å². The summed E-state index contributed by atoms with van der Waals surface area (Å²) in [5.74, 6) is 0. The third-order valence-corrected chi connectivity index (χ3v) is 15.0. The highest BCUT2D eigenvalue weighted by atomic mass is 28.3. The number of furan rings is 1. The number of hydrogen-bond acceptors (Lipinski definition) is 2. The second-order valence-corrected chi connectivity index (χ2v) is 17.8. The number of rotatable bonds is 6. The Morgan fingerprint density at radius 3 is 1.75 bits per heavy atom. The smallest absolute Gasteiger partial charge is 0.156 e. The fraction of sp³-hybridized carbons (Fsp3) is 0. The molecular formula is C56H36NOSi. The van der Waals surface area contributed by atoms with E-state index in [9.17, 15) is 0 Å². The first-order valence-electron chi connectivity index (χ1n) is 20.3. The number of nitrogens with zero attached hydrogens (tertiary/aromatic N) is 1. The van der Waals surface area contributed by atoms with Crippen molar-refractivity contribution in [3.8, 4) is 33.4 Å². The van der Waals surface area contributed by atoms with E-state index in [2.05, 4.69) is 223 Å². The van der Waals surface area contributed by atoms with Gasteiger partial charge in [-0.2, -0.15) is 0 Å². The zero-order valence-corrected chi connectivity index (χ0v) is 33.1. The van der Waals surface area contributed by atoms with Gasteiger partial charge in [0.05, 0.1) is 5.69 Å². The fourth-order valence-electron chi connectivity index (χ4n) is 9.49. The molecule has 0 fully saturated rings. The van der Waals surface area contributed by atoms with Gasteiger partial charge in [-0.3, -0.25) is 0 Å². The van der Waals surface area contributed by atoms with E-state index in [0.717, 1.165) is 33.8 Å². The molecule has 1 radical (unpaired) electrons. The zero-order valence-electron chi connectivity index (χ0n) is 32.1. The highest BCUT2D eigenvalue weighted by molar-refractivity contribution is 6.99. The molecule has 12 rings (SSSR count). The van der Waals surface area contributed by atoms with Gasteiger partial charge < -0.3 is 9.32 Å². The molecule has 0 saturated heterocycles. The molecule has 0 atom stereocenters. The molecule has 10 aromatic carbocycles. The van der Waals surface area contributed by atoms with Gasteiger partial charge in [0.1, 0.15) is 11.2 Å². The molecule has 275 valence electrons. The van der Waals surface area contributed by atoms with Crippen LogP contribution in [-0.2, 0) is 0 Å². The van der Waals surface area contributed by atoms with Crippen molar-refractivity contribution in [3.05, 3.63) is 218 Å². The highest BCUT2D eigenvalue weighted by Gasteiger charge is 2.34. The molecule has 0 N–H and O–H groups in total. The number of hydrogen-bond donors (Lipinski definition) is 0. The lowest BCUT2D eigenvalue weighted by atomic mass is 9.94. The molecule has 1 aliphatic rings. The van der Waals surface area contributed by atoms with Gasteiger partial charge in [0, 0.05) is 27.5 Å². The van der Waals surface area contributed by atoms with Crippen molar-refractivity contribution >= 4 is 84.9 Å². The van der Waals surface area contributed by atoms with Crippen molar-refractivity contribution in [1.82, 2.24) is 0 Å². The second-order valence-electron chi connectivity index (χ2n) is 15.4. The average Bonchev–Trinajstić information content (AvgIpc) is 3.86. The summed E-state index contributed by atoms with van der Waals surface area (Å²) in [5.41, 5.74) is 12.6. The number of anilines is 3. The van der Waals surface area contributed by atoms with Gasteiger partial charge in [0.2, 0.25) is 0 Å². The maximum absolute atomic E-state index is 6.69. The van der Waals surface area contributed by atoms with Crippen LogP contribution in [0.1, 0.15) is 0 Å². The number of benzene rings is 10. The topological polar surface area (TPSA) is 16.4 Å². The van der Waals surface area contributed by atoms with Crippen LogP contribution in [0.15, 0.2) is 223 Å². The van der Waals surface area contributed by atoms with Crippen molar-refractivity contribution in [2.75, 3.05) is 4.90 Å². The van der Waals surface area contributed by atoms with Crippen molar-refractivity contribution in [2.24, 2.45) is 0 Å². The van der Waals surface area contributed by atoms with Crippen LogP contribution < -0.4 is 20.5 Å². The zero-order chi connectivity index (χ0) is 38.9. The number of fused-ring (bicyclic) bond motifs is 10. The summed E-state index contributed by atoms with van der Waals surface area (Å²) >= 11 is 0. The summed E-state index contributed by atoms with van der Waals surface area (Å²) in [7, 11) is -1.18. The summed E-state index contributed by atoms with van der Waals surface area (Å²) in [6, 6.07) is 79.7. The Labute approximate surface area is 344 Å². The first-order valence-corrected chi connectivity index (χ1v) is 21.8. The first kappa shape index (κ1) is 33.7. The summed E-state index contributed by atoms with van der Waals surface area (Å²) < 4.78 is 6.69. The van der Waals surface area contributed by atoms with E-state index in [-0.39, 0.29) is 0 Å². The molecule has 0 aliphatic carbocycles. The molecule has 0 unspecified atom stereocenters. The monoisotopic (exact) mass is 766 g/mol. The van der Waals surface area contributed by atoms with Crippen LogP contribution in [-0.4, -0.2) is 8.80 Å². The second kappa shape index (κ2) is 13.6. The Kier molecular flexibility index (Phi) is 7.75. The predicted octanol–water partition coefficient (Wildman–Crippen LogP) is 13.2. The molecular weight excluding hydrogens is 731 g/mol. The minimum atomic E-state index is -1.18. The normalized spacial score (nSPS) is 12.3. The Balaban J connectivity index is 1.03. The summed E-state index contributed by atoms with van der Waals surface area (Å²) in [4.78, 5) is 2.41. The molecule has 3 heteroatoms. The van der Waals surface area contributed by atoms with Crippen LogP contribution in [0.25, 0.3) is 76.9 Å². The van der Waals surface area contributed by atoms with E-state index in [0.29, 0.717) is 0 Å². The Morgan fingerprint density at radius 1 is 0.373 bits per heavy atom. The molecule has 2 nitrogen and oxygen atoms in total. The Bertz CT molecular complexity index is 3370. The maximum Gasteiger partial charge on any atom is 0.156 e. The lowest BCUT2D eigenvalue weighted by Crippen LogP contribution is -2.48. The van der Waals surface area contributed by atoms with Gasteiger partial charge in [0.15, 0.2) is 8.80 Å². The Hall–Kier alpha value is -7.46. The standard InChI is InChI=1S/C56H36NOSi/c1-3-14-37(15-4-1)38-26-30-41(31-27-38)57(49-36-40-16-7-8-19-44(40)46-20-9-10-21-47(46)49)42-32-28-39(29-33-42)45-23-13-24-50-54(45)56-51(58-50)34-35-53-55(56)48-22-11-12-25-52(48)59(53)43-17-5-2-6-18-43/h1-36H. The molecule has 0 bridgehead atoms. The summed E-state index contributed by atoms with van der Waals surface area (Å²) in [6.45, 7) is 0. The molecule has 11 aromatic rings. The van der Waals surface area contributed by atoms with E-state index < -0.39 is 8.80 Å².